The molecule has 1 aromatic heterocycles. The highest BCUT2D eigenvalue weighted by atomic mass is 32.1. The van der Waals surface area contributed by atoms with E-state index in [-0.39, 0.29) is 5.78 Å². The van der Waals surface area contributed by atoms with Crippen LogP contribution in [0.4, 0.5) is 0 Å². The molecule has 0 radical (unpaired) electrons. The van der Waals surface area contributed by atoms with E-state index in [9.17, 15) is 9.59 Å². The van der Waals surface area contributed by atoms with Crippen LogP contribution in [0, 0.1) is 0 Å². The molecule has 0 amide bonds. The number of rotatable bonds is 4. The lowest BCUT2D eigenvalue weighted by Crippen LogP contribution is -2.24. The molecule has 2 rings (SSSR count). The van der Waals surface area contributed by atoms with Crippen molar-refractivity contribution < 1.29 is 14.3 Å². The Kier molecular flexibility index (Phi) is 3.89. The Morgan fingerprint density at radius 2 is 1.83 bits per heavy atom. The molecule has 18 heavy (non-hydrogen) atoms. The van der Waals surface area contributed by atoms with E-state index in [2.05, 4.69) is 0 Å². The van der Waals surface area contributed by atoms with Crippen LogP contribution in [0.25, 0.3) is 0 Å². The number of esters is 1. The second-order valence-corrected chi connectivity index (χ2v) is 4.57. The Morgan fingerprint density at radius 3 is 2.44 bits per heavy atom. The second-order valence-electron chi connectivity index (χ2n) is 3.79. The molecule has 0 bridgehead atoms. The summed E-state index contributed by atoms with van der Waals surface area (Å²) >= 11 is 1.41. The highest BCUT2D eigenvalue weighted by Gasteiger charge is 2.20. The second kappa shape index (κ2) is 5.60. The summed E-state index contributed by atoms with van der Waals surface area (Å²) in [7, 11) is 0. The van der Waals surface area contributed by atoms with Gasteiger partial charge in [0.2, 0.25) is 5.78 Å². The van der Waals surface area contributed by atoms with Crippen LogP contribution in [-0.2, 0) is 4.74 Å². The van der Waals surface area contributed by atoms with E-state index in [1.165, 1.54) is 11.3 Å². The summed E-state index contributed by atoms with van der Waals surface area (Å²) in [6.07, 6.45) is -0.778. The standard InChI is InChI=1S/C14H12O3S/c1-10(13(15)11-5-3-2-4-6-11)17-14(16)12-7-8-18-9-12/h2-10H,1H3. The first-order chi connectivity index (χ1) is 8.68. The first-order valence-electron chi connectivity index (χ1n) is 5.51. The Balaban J connectivity index is 2.02. The molecule has 1 heterocycles. The van der Waals surface area contributed by atoms with E-state index in [0.717, 1.165) is 0 Å². The molecule has 1 atom stereocenters. The number of ether oxygens (including phenoxy) is 1. The van der Waals surface area contributed by atoms with Crippen LogP contribution in [0.3, 0.4) is 0 Å². The van der Waals surface area contributed by atoms with E-state index in [1.54, 1.807) is 48.0 Å². The smallest absolute Gasteiger partial charge is 0.339 e. The number of carbonyl (C=O) groups excluding carboxylic acids is 2. The zero-order valence-electron chi connectivity index (χ0n) is 9.83. The number of hydrogen-bond donors (Lipinski definition) is 0. The van der Waals surface area contributed by atoms with Gasteiger partial charge in [0, 0.05) is 10.9 Å². The summed E-state index contributed by atoms with van der Waals surface area (Å²) in [6, 6.07) is 10.5. The van der Waals surface area contributed by atoms with E-state index in [4.69, 9.17) is 4.74 Å². The zero-order chi connectivity index (χ0) is 13.0. The first kappa shape index (κ1) is 12.5. The molecule has 0 aliphatic rings. The molecule has 1 unspecified atom stereocenters. The number of hydrogen-bond acceptors (Lipinski definition) is 4. The van der Waals surface area contributed by atoms with Crippen LogP contribution in [0.1, 0.15) is 27.6 Å². The monoisotopic (exact) mass is 260 g/mol. The van der Waals surface area contributed by atoms with Gasteiger partial charge >= 0.3 is 5.97 Å². The Hall–Kier alpha value is -1.94. The van der Waals surface area contributed by atoms with Gasteiger partial charge in [-0.1, -0.05) is 30.3 Å². The van der Waals surface area contributed by atoms with Crippen molar-refractivity contribution in [3.05, 3.63) is 58.3 Å². The minimum Gasteiger partial charge on any atom is -0.451 e. The van der Waals surface area contributed by atoms with Crippen molar-refractivity contribution in [3.63, 3.8) is 0 Å². The van der Waals surface area contributed by atoms with Gasteiger partial charge in [-0.2, -0.15) is 11.3 Å². The lowest BCUT2D eigenvalue weighted by Gasteiger charge is -2.11. The van der Waals surface area contributed by atoms with Gasteiger partial charge in [0.1, 0.15) is 0 Å². The topological polar surface area (TPSA) is 43.4 Å². The fraction of sp³-hybridized carbons (Fsp3) is 0.143. The molecule has 0 N–H and O–H groups in total. The maximum atomic E-state index is 12.0. The van der Waals surface area contributed by atoms with E-state index < -0.39 is 12.1 Å². The van der Waals surface area contributed by atoms with Crippen molar-refractivity contribution in [2.45, 2.75) is 13.0 Å². The van der Waals surface area contributed by atoms with Crippen molar-refractivity contribution in [3.8, 4) is 0 Å². The Morgan fingerprint density at radius 1 is 1.11 bits per heavy atom. The third kappa shape index (κ3) is 2.84. The van der Waals surface area contributed by atoms with Gasteiger partial charge in [0.05, 0.1) is 5.56 Å². The van der Waals surface area contributed by atoms with Crippen molar-refractivity contribution in [2.75, 3.05) is 0 Å². The number of benzene rings is 1. The predicted molar refractivity (Wildman–Crippen MR) is 70.0 cm³/mol. The molecular weight excluding hydrogens is 248 g/mol. The summed E-state index contributed by atoms with van der Waals surface area (Å²) in [5.74, 6) is -0.660. The summed E-state index contributed by atoms with van der Waals surface area (Å²) in [5, 5.41) is 3.49. The third-order valence-corrected chi connectivity index (χ3v) is 3.15. The number of ketones is 1. The van der Waals surface area contributed by atoms with Gasteiger partial charge < -0.3 is 4.74 Å². The van der Waals surface area contributed by atoms with Crippen LogP contribution < -0.4 is 0 Å². The van der Waals surface area contributed by atoms with E-state index in [1.807, 2.05) is 6.07 Å². The van der Waals surface area contributed by atoms with Gasteiger partial charge in [0.25, 0.3) is 0 Å². The molecule has 1 aromatic carbocycles. The number of Topliss-reactive ketones (excluding diaryl/α,β-unsaturated/α-hetero) is 1. The highest BCUT2D eigenvalue weighted by Crippen LogP contribution is 2.11. The summed E-state index contributed by atoms with van der Waals surface area (Å²) in [5.41, 5.74) is 1.02. The maximum absolute atomic E-state index is 12.0. The van der Waals surface area contributed by atoms with Crippen LogP contribution in [0.2, 0.25) is 0 Å². The molecule has 0 aliphatic carbocycles. The fourth-order valence-electron chi connectivity index (χ4n) is 1.50. The number of carbonyl (C=O) groups is 2. The minimum atomic E-state index is -0.778. The molecule has 2 aromatic rings. The molecule has 0 saturated carbocycles. The summed E-state index contributed by atoms with van der Waals surface area (Å²) in [4.78, 5) is 23.7. The van der Waals surface area contributed by atoms with Crippen molar-refractivity contribution >= 4 is 23.1 Å². The van der Waals surface area contributed by atoms with Crippen molar-refractivity contribution in [2.24, 2.45) is 0 Å². The minimum absolute atomic E-state index is 0.195. The lowest BCUT2D eigenvalue weighted by molar-refractivity contribution is 0.0319. The zero-order valence-corrected chi connectivity index (χ0v) is 10.6. The summed E-state index contributed by atoms with van der Waals surface area (Å²) < 4.78 is 5.13. The quantitative estimate of drug-likeness (QED) is 0.626. The lowest BCUT2D eigenvalue weighted by atomic mass is 10.1. The normalized spacial score (nSPS) is 11.8. The van der Waals surface area contributed by atoms with Crippen LogP contribution in [-0.4, -0.2) is 17.9 Å². The van der Waals surface area contributed by atoms with Gasteiger partial charge in [-0.25, -0.2) is 4.79 Å². The average Bonchev–Trinajstić information content (AvgIpc) is 2.92. The first-order valence-corrected chi connectivity index (χ1v) is 6.45. The highest BCUT2D eigenvalue weighted by molar-refractivity contribution is 7.08. The molecule has 0 spiro atoms. The molecular formula is C14H12O3S. The Bertz CT molecular complexity index is 531. The fourth-order valence-corrected chi connectivity index (χ4v) is 2.13. The van der Waals surface area contributed by atoms with Crippen LogP contribution in [0.5, 0.6) is 0 Å². The molecule has 0 aliphatic heterocycles. The predicted octanol–water partition coefficient (Wildman–Crippen LogP) is 3.18. The maximum Gasteiger partial charge on any atom is 0.339 e. The van der Waals surface area contributed by atoms with Crippen LogP contribution >= 0.6 is 11.3 Å². The van der Waals surface area contributed by atoms with E-state index >= 15 is 0 Å². The number of thiophene rings is 1. The van der Waals surface area contributed by atoms with E-state index in [0.29, 0.717) is 11.1 Å². The molecule has 0 fully saturated rings. The van der Waals surface area contributed by atoms with Crippen LogP contribution in [0.15, 0.2) is 47.2 Å². The van der Waals surface area contributed by atoms with Gasteiger partial charge in [-0.3, -0.25) is 4.79 Å². The van der Waals surface area contributed by atoms with Crippen molar-refractivity contribution in [1.82, 2.24) is 0 Å². The van der Waals surface area contributed by atoms with Crippen molar-refractivity contribution in [1.29, 1.82) is 0 Å². The molecule has 3 nitrogen and oxygen atoms in total. The van der Waals surface area contributed by atoms with Gasteiger partial charge in [-0.05, 0) is 18.4 Å². The Labute approximate surface area is 109 Å². The van der Waals surface area contributed by atoms with Gasteiger partial charge in [0.15, 0.2) is 6.10 Å². The van der Waals surface area contributed by atoms with Gasteiger partial charge in [-0.15, -0.1) is 0 Å². The third-order valence-electron chi connectivity index (χ3n) is 2.47. The SMILES string of the molecule is CC(OC(=O)c1ccsc1)C(=O)c1ccccc1. The average molecular weight is 260 g/mol. The largest absolute Gasteiger partial charge is 0.451 e. The molecule has 4 heteroatoms. The summed E-state index contributed by atoms with van der Waals surface area (Å²) in [6.45, 7) is 1.58. The molecule has 92 valence electrons. The molecule has 0 saturated heterocycles.